The summed E-state index contributed by atoms with van der Waals surface area (Å²) in [6.45, 7) is 5.37. The van der Waals surface area contributed by atoms with Gasteiger partial charge in [-0.2, -0.15) is 0 Å². The minimum atomic E-state index is 0.268. The summed E-state index contributed by atoms with van der Waals surface area (Å²) in [4.78, 5) is 0. The Morgan fingerprint density at radius 1 is 1.24 bits per heavy atom. The Hall–Kier alpha value is -0.730. The van der Waals surface area contributed by atoms with Crippen LogP contribution in [0, 0.1) is 0 Å². The van der Waals surface area contributed by atoms with Crippen molar-refractivity contribution in [2.45, 2.75) is 70.9 Å². The van der Waals surface area contributed by atoms with E-state index in [4.69, 9.17) is 16.3 Å². The molecule has 2 rings (SSSR count). The molecule has 0 aromatic heterocycles. The van der Waals surface area contributed by atoms with Crippen molar-refractivity contribution in [2.24, 2.45) is 0 Å². The number of rotatable bonds is 6. The predicted octanol–water partition coefficient (Wildman–Crippen LogP) is 5.50. The summed E-state index contributed by atoms with van der Waals surface area (Å²) in [7, 11) is 0. The smallest absolute Gasteiger partial charge is 0.124 e. The molecule has 0 amide bonds. The van der Waals surface area contributed by atoms with E-state index in [1.165, 1.54) is 44.1 Å². The lowest BCUT2D eigenvalue weighted by molar-refractivity contribution is 0.181. The molecule has 1 saturated carbocycles. The molecule has 0 aliphatic heterocycles. The van der Waals surface area contributed by atoms with Crippen molar-refractivity contribution < 1.29 is 4.74 Å². The Balaban J connectivity index is 2.09. The molecule has 1 aliphatic carbocycles. The van der Waals surface area contributed by atoms with Crippen LogP contribution in [0.15, 0.2) is 18.2 Å². The topological polar surface area (TPSA) is 21.3 Å². The largest absolute Gasteiger partial charge is 0.490 e. The fraction of sp³-hybridized carbons (Fsp3) is 0.667. The molecule has 0 radical (unpaired) electrons. The van der Waals surface area contributed by atoms with E-state index in [9.17, 15) is 0 Å². The highest BCUT2D eigenvalue weighted by Gasteiger charge is 2.18. The summed E-state index contributed by atoms with van der Waals surface area (Å²) in [6.07, 6.45) is 9.13. The van der Waals surface area contributed by atoms with Crippen LogP contribution < -0.4 is 10.1 Å². The summed E-state index contributed by atoms with van der Waals surface area (Å²) >= 11 is 6.18. The summed E-state index contributed by atoms with van der Waals surface area (Å²) in [5.74, 6) is 1.00. The zero-order valence-corrected chi connectivity index (χ0v) is 14.1. The van der Waals surface area contributed by atoms with Crippen LogP contribution >= 0.6 is 11.6 Å². The third kappa shape index (κ3) is 5.19. The number of nitrogens with one attached hydrogen (secondary N) is 1. The monoisotopic (exact) mass is 309 g/mol. The van der Waals surface area contributed by atoms with Gasteiger partial charge in [0.2, 0.25) is 0 Å². The average molecular weight is 310 g/mol. The van der Waals surface area contributed by atoms with Crippen molar-refractivity contribution >= 4 is 11.6 Å². The molecule has 1 atom stereocenters. The van der Waals surface area contributed by atoms with Gasteiger partial charge in [0.1, 0.15) is 5.75 Å². The maximum atomic E-state index is 6.32. The van der Waals surface area contributed by atoms with Crippen LogP contribution in [0.3, 0.4) is 0 Å². The molecule has 1 aromatic carbocycles. The second-order valence-corrected chi connectivity index (χ2v) is 6.53. The highest BCUT2D eigenvalue weighted by atomic mass is 35.5. The molecule has 1 unspecified atom stereocenters. The van der Waals surface area contributed by atoms with Gasteiger partial charge in [-0.05, 0) is 63.8 Å². The fourth-order valence-corrected chi connectivity index (χ4v) is 3.16. The van der Waals surface area contributed by atoms with Gasteiger partial charge >= 0.3 is 0 Å². The van der Waals surface area contributed by atoms with E-state index in [1.54, 1.807) is 0 Å². The molecular formula is C18H28ClNO. The van der Waals surface area contributed by atoms with E-state index >= 15 is 0 Å². The zero-order chi connectivity index (χ0) is 15.1. The van der Waals surface area contributed by atoms with Gasteiger partial charge in [0.25, 0.3) is 0 Å². The van der Waals surface area contributed by atoms with Gasteiger partial charge in [-0.3, -0.25) is 0 Å². The van der Waals surface area contributed by atoms with Crippen LogP contribution in [0.2, 0.25) is 5.02 Å². The number of hydrogen-bond donors (Lipinski definition) is 1. The van der Waals surface area contributed by atoms with Gasteiger partial charge in [-0.25, -0.2) is 0 Å². The lowest BCUT2D eigenvalue weighted by atomic mass is 10.1. The van der Waals surface area contributed by atoms with E-state index in [0.717, 1.165) is 23.7 Å². The molecule has 1 aliphatic rings. The van der Waals surface area contributed by atoms with Gasteiger partial charge in [0, 0.05) is 16.6 Å². The number of halogens is 1. The molecule has 0 spiro atoms. The van der Waals surface area contributed by atoms with Gasteiger partial charge in [0.05, 0.1) is 6.10 Å². The van der Waals surface area contributed by atoms with E-state index < -0.39 is 0 Å². The van der Waals surface area contributed by atoms with Crippen LogP contribution in [-0.4, -0.2) is 12.6 Å². The van der Waals surface area contributed by atoms with Crippen molar-refractivity contribution in [3.8, 4) is 5.75 Å². The molecule has 0 bridgehead atoms. The van der Waals surface area contributed by atoms with E-state index in [-0.39, 0.29) is 6.04 Å². The molecule has 0 heterocycles. The van der Waals surface area contributed by atoms with Crippen molar-refractivity contribution in [1.29, 1.82) is 0 Å². The average Bonchev–Trinajstić information content (AvgIpc) is 2.75. The van der Waals surface area contributed by atoms with Crippen molar-refractivity contribution in [3.63, 3.8) is 0 Å². The summed E-state index contributed by atoms with van der Waals surface area (Å²) in [5.41, 5.74) is 1.18. The third-order valence-corrected chi connectivity index (χ3v) is 4.47. The van der Waals surface area contributed by atoms with Crippen LogP contribution in [0.1, 0.15) is 70.4 Å². The van der Waals surface area contributed by atoms with Gasteiger partial charge in [0.15, 0.2) is 0 Å². The van der Waals surface area contributed by atoms with Crippen LogP contribution in [0.25, 0.3) is 0 Å². The second-order valence-electron chi connectivity index (χ2n) is 6.09. The SMILES string of the molecule is CCCNC(C)c1cc(Cl)ccc1OC1CCCCCC1. The second kappa shape index (κ2) is 8.65. The first-order valence-corrected chi connectivity index (χ1v) is 8.78. The van der Waals surface area contributed by atoms with Crippen LogP contribution in [-0.2, 0) is 0 Å². The van der Waals surface area contributed by atoms with E-state index in [0.29, 0.717) is 6.10 Å². The summed E-state index contributed by atoms with van der Waals surface area (Å²) < 4.78 is 6.32. The Kier molecular flexibility index (Phi) is 6.85. The Morgan fingerprint density at radius 3 is 2.62 bits per heavy atom. The molecule has 0 saturated heterocycles. The number of benzene rings is 1. The number of ether oxygens (including phenoxy) is 1. The third-order valence-electron chi connectivity index (χ3n) is 4.23. The quantitative estimate of drug-likeness (QED) is 0.700. The van der Waals surface area contributed by atoms with Crippen LogP contribution in [0.4, 0.5) is 0 Å². The van der Waals surface area contributed by atoms with E-state index in [2.05, 4.69) is 19.2 Å². The molecule has 1 fully saturated rings. The molecular weight excluding hydrogens is 282 g/mol. The Bertz CT molecular complexity index is 427. The molecule has 1 N–H and O–H groups in total. The lowest BCUT2D eigenvalue weighted by Crippen LogP contribution is -2.22. The number of hydrogen-bond acceptors (Lipinski definition) is 2. The van der Waals surface area contributed by atoms with Crippen molar-refractivity contribution in [2.75, 3.05) is 6.54 Å². The molecule has 2 nitrogen and oxygen atoms in total. The minimum absolute atomic E-state index is 0.268. The summed E-state index contributed by atoms with van der Waals surface area (Å²) in [6, 6.07) is 6.28. The molecule has 118 valence electrons. The first-order chi connectivity index (χ1) is 10.2. The fourth-order valence-electron chi connectivity index (χ4n) is 2.98. The highest BCUT2D eigenvalue weighted by molar-refractivity contribution is 6.30. The standard InChI is InChI=1S/C18H28ClNO/c1-3-12-20-14(2)17-13-15(19)10-11-18(17)21-16-8-6-4-5-7-9-16/h10-11,13-14,16,20H,3-9,12H2,1-2H3. The molecule has 3 heteroatoms. The predicted molar refractivity (Wildman–Crippen MR) is 90.3 cm³/mol. The van der Waals surface area contributed by atoms with Crippen molar-refractivity contribution in [1.82, 2.24) is 5.32 Å². The molecule has 1 aromatic rings. The Morgan fingerprint density at radius 2 is 1.95 bits per heavy atom. The van der Waals surface area contributed by atoms with Crippen molar-refractivity contribution in [3.05, 3.63) is 28.8 Å². The van der Waals surface area contributed by atoms with Gasteiger partial charge < -0.3 is 10.1 Å². The maximum absolute atomic E-state index is 6.32. The first-order valence-electron chi connectivity index (χ1n) is 8.40. The van der Waals surface area contributed by atoms with Gasteiger partial charge in [-0.15, -0.1) is 0 Å². The maximum Gasteiger partial charge on any atom is 0.124 e. The molecule has 21 heavy (non-hydrogen) atoms. The van der Waals surface area contributed by atoms with E-state index in [1.807, 2.05) is 18.2 Å². The van der Waals surface area contributed by atoms with Gasteiger partial charge in [-0.1, -0.05) is 31.4 Å². The minimum Gasteiger partial charge on any atom is -0.490 e. The summed E-state index contributed by atoms with van der Waals surface area (Å²) in [5, 5.41) is 4.31. The normalized spacial score (nSPS) is 18.2. The highest BCUT2D eigenvalue weighted by Crippen LogP contribution is 2.31. The first kappa shape index (κ1) is 16.6. The lowest BCUT2D eigenvalue weighted by Gasteiger charge is -2.23. The Labute approximate surface area is 134 Å². The van der Waals surface area contributed by atoms with Crippen LogP contribution in [0.5, 0.6) is 5.75 Å². The zero-order valence-electron chi connectivity index (χ0n) is 13.3.